The van der Waals surface area contributed by atoms with Gasteiger partial charge in [0.1, 0.15) is 17.0 Å². The molecular weight excluding hydrogens is 468 g/mol. The molecule has 2 N–H and O–H groups in total. The number of methoxy groups -OCH3 is 1. The largest absolute Gasteiger partial charge is 0.495 e. The smallest absolute Gasteiger partial charge is 0.311 e. The van der Waals surface area contributed by atoms with Gasteiger partial charge in [-0.05, 0) is 48.1 Å². The van der Waals surface area contributed by atoms with Crippen molar-refractivity contribution in [1.29, 1.82) is 0 Å². The summed E-state index contributed by atoms with van der Waals surface area (Å²) in [7, 11) is 3.38. The summed E-state index contributed by atoms with van der Waals surface area (Å²) >= 11 is 6.48. The number of aromatic nitrogens is 1. The molecule has 0 spiro atoms. The molecule has 1 aliphatic heterocycles. The number of fused-ring (bicyclic) bond motifs is 1. The molecule has 2 aliphatic rings. The summed E-state index contributed by atoms with van der Waals surface area (Å²) < 4.78 is 12.6. The summed E-state index contributed by atoms with van der Waals surface area (Å²) in [4.78, 5) is 25.4. The molecule has 2 aromatic carbocycles. The van der Waals surface area contributed by atoms with Gasteiger partial charge in [0.15, 0.2) is 0 Å². The number of carboxylic acid groups (broad SMARTS) is 1. The van der Waals surface area contributed by atoms with Gasteiger partial charge >= 0.3 is 5.97 Å². The van der Waals surface area contributed by atoms with Crippen LogP contribution in [0.1, 0.15) is 53.2 Å². The number of rotatable bonds is 7. The molecular formula is C27H29ClN2O5. The van der Waals surface area contributed by atoms with Crippen LogP contribution in [-0.2, 0) is 22.1 Å². The van der Waals surface area contributed by atoms with Gasteiger partial charge in [0.2, 0.25) is 0 Å². The molecule has 0 unspecified atom stereocenters. The molecule has 7 nitrogen and oxygen atoms in total. The Kier molecular flexibility index (Phi) is 6.23. The maximum atomic E-state index is 13.4. The van der Waals surface area contributed by atoms with Crippen LogP contribution in [0.25, 0.3) is 10.9 Å². The van der Waals surface area contributed by atoms with E-state index in [-0.39, 0.29) is 11.8 Å². The van der Waals surface area contributed by atoms with Crippen LogP contribution < -0.4 is 10.1 Å². The molecule has 184 valence electrons. The predicted octanol–water partition coefficient (Wildman–Crippen LogP) is 4.85. The minimum absolute atomic E-state index is 0.177. The van der Waals surface area contributed by atoms with Gasteiger partial charge in [0, 0.05) is 12.4 Å². The van der Waals surface area contributed by atoms with Crippen LogP contribution in [0.3, 0.4) is 0 Å². The number of carbonyl (C=O) groups excluding carboxylic acids is 1. The zero-order chi connectivity index (χ0) is 24.7. The molecule has 1 amide bonds. The van der Waals surface area contributed by atoms with Crippen LogP contribution in [0.5, 0.6) is 5.75 Å². The number of carbonyl (C=O) groups is 2. The Hall–Kier alpha value is -3.03. The van der Waals surface area contributed by atoms with Crippen LogP contribution in [0.4, 0.5) is 0 Å². The van der Waals surface area contributed by atoms with Crippen molar-refractivity contribution in [2.75, 3.05) is 20.3 Å². The number of amides is 1. The van der Waals surface area contributed by atoms with Gasteiger partial charge in [0.05, 0.1) is 36.8 Å². The van der Waals surface area contributed by atoms with Gasteiger partial charge in [0.25, 0.3) is 5.91 Å². The average molecular weight is 497 g/mol. The van der Waals surface area contributed by atoms with Crippen molar-refractivity contribution < 1.29 is 24.2 Å². The molecule has 0 bridgehead atoms. The lowest BCUT2D eigenvalue weighted by molar-refractivity contribution is -0.140. The van der Waals surface area contributed by atoms with E-state index < -0.39 is 17.4 Å². The lowest BCUT2D eigenvalue weighted by atomic mass is 9.82. The number of carboxylic acids is 1. The summed E-state index contributed by atoms with van der Waals surface area (Å²) in [5, 5.41) is 14.2. The van der Waals surface area contributed by atoms with E-state index >= 15 is 0 Å². The van der Waals surface area contributed by atoms with Gasteiger partial charge in [-0.15, -0.1) is 0 Å². The molecule has 2 fully saturated rings. The van der Waals surface area contributed by atoms with Crippen molar-refractivity contribution in [2.45, 2.75) is 37.1 Å². The van der Waals surface area contributed by atoms with E-state index in [9.17, 15) is 14.7 Å². The molecule has 1 aromatic heterocycles. The number of nitrogens with one attached hydrogen (secondary N) is 1. The molecule has 1 aliphatic carbocycles. The molecule has 5 rings (SSSR count). The van der Waals surface area contributed by atoms with E-state index in [1.165, 1.54) is 0 Å². The third kappa shape index (κ3) is 4.06. The Balaban J connectivity index is 1.41. The monoisotopic (exact) mass is 496 g/mol. The zero-order valence-corrected chi connectivity index (χ0v) is 20.6. The number of benzene rings is 2. The lowest BCUT2D eigenvalue weighted by Gasteiger charge is -2.42. The molecule has 2 heterocycles. The number of halogens is 1. The standard InChI is InChI=1S/C27H29ClN2O5/c1-30-20-11-12-22(34-2)24(28)19(20)13-21(30)25(31)29-27(14-35-15-27)18-9-7-17(8-10-18)23(26(32)33)16-5-3-4-6-16/h7-13,16,23H,3-6,14-15H2,1-2H3,(H,29,31)(H,32,33)/t23-/m0/s1. The summed E-state index contributed by atoms with van der Waals surface area (Å²) in [6, 6.07) is 13.1. The fraction of sp³-hybridized carbons (Fsp3) is 0.407. The number of ether oxygens (including phenoxy) is 2. The van der Waals surface area contributed by atoms with E-state index in [4.69, 9.17) is 21.1 Å². The van der Waals surface area contributed by atoms with E-state index in [2.05, 4.69) is 5.32 Å². The zero-order valence-electron chi connectivity index (χ0n) is 19.8. The molecule has 3 aromatic rings. The van der Waals surface area contributed by atoms with Crippen LogP contribution in [0, 0.1) is 5.92 Å². The second-order valence-electron chi connectivity index (χ2n) is 9.61. The fourth-order valence-electron chi connectivity index (χ4n) is 5.55. The Labute approximate surface area is 209 Å². The number of hydrogen-bond acceptors (Lipinski definition) is 4. The average Bonchev–Trinajstić information content (AvgIpc) is 3.46. The van der Waals surface area contributed by atoms with Crippen molar-refractivity contribution >= 4 is 34.4 Å². The van der Waals surface area contributed by atoms with E-state index in [0.29, 0.717) is 29.7 Å². The van der Waals surface area contributed by atoms with Crippen molar-refractivity contribution in [3.8, 4) is 5.75 Å². The van der Waals surface area contributed by atoms with Crippen LogP contribution in [-0.4, -0.2) is 41.9 Å². The Morgan fingerprint density at radius 3 is 2.43 bits per heavy atom. The lowest BCUT2D eigenvalue weighted by Crippen LogP contribution is -2.59. The Morgan fingerprint density at radius 1 is 1.17 bits per heavy atom. The quantitative estimate of drug-likeness (QED) is 0.488. The van der Waals surface area contributed by atoms with Crippen molar-refractivity contribution in [2.24, 2.45) is 13.0 Å². The molecule has 1 saturated carbocycles. The van der Waals surface area contributed by atoms with Gasteiger partial charge in [-0.25, -0.2) is 0 Å². The van der Waals surface area contributed by atoms with Crippen LogP contribution in [0.15, 0.2) is 42.5 Å². The number of aryl methyl sites for hydroxylation is 1. The maximum absolute atomic E-state index is 13.4. The third-order valence-corrected chi connectivity index (χ3v) is 7.98. The van der Waals surface area contributed by atoms with Crippen molar-refractivity contribution in [3.63, 3.8) is 0 Å². The predicted molar refractivity (Wildman–Crippen MR) is 133 cm³/mol. The van der Waals surface area contributed by atoms with Gasteiger partial charge < -0.3 is 24.5 Å². The third-order valence-electron chi connectivity index (χ3n) is 7.59. The molecule has 1 atom stereocenters. The highest BCUT2D eigenvalue weighted by Gasteiger charge is 2.43. The maximum Gasteiger partial charge on any atom is 0.311 e. The molecule has 8 heteroatoms. The second-order valence-corrected chi connectivity index (χ2v) is 9.99. The van der Waals surface area contributed by atoms with E-state index in [0.717, 1.165) is 47.7 Å². The number of aliphatic carboxylic acids is 1. The van der Waals surface area contributed by atoms with Crippen LogP contribution in [0.2, 0.25) is 5.02 Å². The van der Waals surface area contributed by atoms with E-state index in [1.807, 2.05) is 41.9 Å². The first kappa shape index (κ1) is 23.7. The van der Waals surface area contributed by atoms with Gasteiger partial charge in [-0.3, -0.25) is 9.59 Å². The minimum Gasteiger partial charge on any atom is -0.495 e. The minimum atomic E-state index is -0.772. The SMILES string of the molecule is COc1ccc2c(cc(C(=O)NC3(c4ccc([C@@H](C(=O)O)C5CCCC5)cc4)COC3)n2C)c1Cl. The Morgan fingerprint density at radius 2 is 1.86 bits per heavy atom. The first-order chi connectivity index (χ1) is 16.8. The molecule has 0 radical (unpaired) electrons. The van der Waals surface area contributed by atoms with E-state index in [1.54, 1.807) is 19.2 Å². The summed E-state index contributed by atoms with van der Waals surface area (Å²) in [6.07, 6.45) is 4.08. The van der Waals surface area contributed by atoms with Crippen LogP contribution >= 0.6 is 11.6 Å². The molecule has 1 saturated heterocycles. The highest BCUT2D eigenvalue weighted by Crippen LogP contribution is 2.39. The van der Waals surface area contributed by atoms with Gasteiger partial charge in [-0.1, -0.05) is 48.7 Å². The van der Waals surface area contributed by atoms with Gasteiger partial charge in [-0.2, -0.15) is 0 Å². The molecule has 35 heavy (non-hydrogen) atoms. The number of nitrogens with zero attached hydrogens (tertiary/aromatic N) is 1. The second kappa shape index (κ2) is 9.21. The first-order valence-corrected chi connectivity index (χ1v) is 12.3. The highest BCUT2D eigenvalue weighted by molar-refractivity contribution is 6.37. The van der Waals surface area contributed by atoms with Crippen molar-refractivity contribution in [1.82, 2.24) is 9.88 Å². The fourth-order valence-corrected chi connectivity index (χ4v) is 5.84. The summed E-state index contributed by atoms with van der Waals surface area (Å²) in [5.41, 5.74) is 2.35. The summed E-state index contributed by atoms with van der Waals surface area (Å²) in [6.45, 7) is 0.698. The highest BCUT2D eigenvalue weighted by atomic mass is 35.5. The number of hydrogen-bond donors (Lipinski definition) is 2. The normalized spacial score (nSPS) is 18.3. The Bertz CT molecular complexity index is 1270. The van der Waals surface area contributed by atoms with Crippen molar-refractivity contribution in [3.05, 3.63) is 64.3 Å². The first-order valence-electron chi connectivity index (χ1n) is 11.9. The topological polar surface area (TPSA) is 89.8 Å². The summed E-state index contributed by atoms with van der Waals surface area (Å²) in [5.74, 6) is -0.771.